The topological polar surface area (TPSA) is 99.9 Å². The van der Waals surface area contributed by atoms with Gasteiger partial charge in [0, 0.05) is 0 Å². The smallest absolute Gasteiger partial charge is 0.338 e. The lowest BCUT2D eigenvalue weighted by Crippen LogP contribution is -2.04. The minimum absolute atomic E-state index is 0.166. The van der Waals surface area contributed by atoms with Gasteiger partial charge in [0.15, 0.2) is 12.0 Å². The van der Waals surface area contributed by atoms with Crippen LogP contribution in [0.2, 0.25) is 0 Å². The van der Waals surface area contributed by atoms with Gasteiger partial charge in [-0.25, -0.2) is 4.79 Å². The highest BCUT2D eigenvalue weighted by Crippen LogP contribution is 2.33. The van der Waals surface area contributed by atoms with E-state index in [1.165, 1.54) is 0 Å². The summed E-state index contributed by atoms with van der Waals surface area (Å²) >= 11 is -0.750. The van der Waals surface area contributed by atoms with E-state index in [1.807, 2.05) is 31.2 Å². The highest BCUT2D eigenvalue weighted by atomic mass is 32.1. The number of rotatable bonds is 5. The molecule has 0 amide bonds. The number of esters is 1. The van der Waals surface area contributed by atoms with Gasteiger partial charge in [0.25, 0.3) is 0 Å². The number of ether oxygens (including phenoxy) is 2. The number of hydrogen-bond donors (Lipinski definition) is 0. The number of furan rings is 1. The summed E-state index contributed by atoms with van der Waals surface area (Å²) < 4.78 is 32.9. The molecule has 0 aliphatic carbocycles. The van der Waals surface area contributed by atoms with Crippen LogP contribution in [0, 0.1) is 6.92 Å². The quantitative estimate of drug-likeness (QED) is 0.483. The average Bonchev–Trinajstić information content (AvgIpc) is 3.08. The minimum Gasteiger partial charge on any atom is -0.462 e. The van der Waals surface area contributed by atoms with E-state index in [-0.39, 0.29) is 12.4 Å². The molecule has 7 nitrogen and oxygen atoms in total. The third-order valence-electron chi connectivity index (χ3n) is 3.49. The van der Waals surface area contributed by atoms with Crippen LogP contribution in [-0.2, 0) is 16.3 Å². The van der Waals surface area contributed by atoms with Gasteiger partial charge in [-0.2, -0.15) is 8.42 Å². The molecule has 0 aliphatic rings. The first-order valence-corrected chi connectivity index (χ1v) is 8.55. The third-order valence-corrected chi connectivity index (χ3v) is 3.49. The largest absolute Gasteiger partial charge is 0.462 e. The summed E-state index contributed by atoms with van der Waals surface area (Å²) in [5, 5.41) is 0.616. The van der Waals surface area contributed by atoms with Crippen molar-refractivity contribution in [3.63, 3.8) is 0 Å². The van der Waals surface area contributed by atoms with Crippen LogP contribution in [0.15, 0.2) is 46.9 Å². The van der Waals surface area contributed by atoms with E-state index in [9.17, 15) is 9.59 Å². The van der Waals surface area contributed by atoms with Gasteiger partial charge in [-0.3, -0.25) is 4.79 Å². The van der Waals surface area contributed by atoms with E-state index >= 15 is 0 Å². The van der Waals surface area contributed by atoms with Crippen molar-refractivity contribution < 1.29 is 31.9 Å². The second-order valence-corrected chi connectivity index (χ2v) is 5.49. The summed E-state index contributed by atoms with van der Waals surface area (Å²) in [6, 6.07) is 12.2. The van der Waals surface area contributed by atoms with Gasteiger partial charge in [0.1, 0.15) is 17.1 Å². The lowest BCUT2D eigenvalue weighted by Gasteiger charge is -2.09. The highest BCUT2D eigenvalue weighted by molar-refractivity contribution is 7.51. The van der Waals surface area contributed by atoms with E-state index in [0.717, 1.165) is 5.56 Å². The second kappa shape index (κ2) is 9.44. The maximum Gasteiger partial charge on any atom is 0.338 e. The number of fused-ring (bicyclic) bond motifs is 1. The molecule has 8 heteroatoms. The fourth-order valence-electron chi connectivity index (χ4n) is 2.33. The Kier molecular flexibility index (Phi) is 7.01. The molecule has 0 spiro atoms. The molecule has 3 aromatic rings. The summed E-state index contributed by atoms with van der Waals surface area (Å²) in [5.41, 5.74) is 1.81. The Bertz CT molecular complexity index is 983. The number of aldehydes is 1. The zero-order chi connectivity index (χ0) is 19.8. The predicted molar refractivity (Wildman–Crippen MR) is 97.7 cm³/mol. The van der Waals surface area contributed by atoms with E-state index in [1.54, 1.807) is 25.1 Å². The first-order chi connectivity index (χ1) is 13.0. The molecule has 0 saturated carbocycles. The molecule has 0 bridgehead atoms. The molecule has 140 valence electrons. The van der Waals surface area contributed by atoms with Crippen molar-refractivity contribution in [1.29, 1.82) is 0 Å². The molecule has 0 radical (unpaired) electrons. The number of benzene rings is 2. The second-order valence-electron chi connectivity index (χ2n) is 5.36. The van der Waals surface area contributed by atoms with Gasteiger partial charge in [0.05, 0.1) is 17.6 Å². The molecule has 0 unspecified atom stereocenters. The number of carbonyl (C=O) groups is 2. The van der Waals surface area contributed by atoms with Crippen molar-refractivity contribution in [3.05, 3.63) is 59.4 Å². The molecule has 2 aromatic carbocycles. The van der Waals surface area contributed by atoms with E-state index in [2.05, 4.69) is 0 Å². The summed E-state index contributed by atoms with van der Waals surface area (Å²) in [7, 11) is 0. The standard InChI is InChI=1S/C19H16O5.O2S/c1-3-22-19(21)13-8-17(23-14-6-4-12(2)5-7-14)16-10-15(11-20)24-18(16)9-13;1-3-2/h4-11H,3H2,1-2H3;. The van der Waals surface area contributed by atoms with Crippen LogP contribution in [0.4, 0.5) is 0 Å². The fraction of sp³-hybridized carbons (Fsp3) is 0.158. The van der Waals surface area contributed by atoms with Gasteiger partial charge >= 0.3 is 17.5 Å². The zero-order valence-corrected chi connectivity index (χ0v) is 15.4. The minimum atomic E-state index is -0.750. The predicted octanol–water partition coefficient (Wildman–Crippen LogP) is 3.85. The van der Waals surface area contributed by atoms with Crippen LogP contribution in [0.3, 0.4) is 0 Å². The summed E-state index contributed by atoms with van der Waals surface area (Å²) in [5.74, 6) is 0.741. The van der Waals surface area contributed by atoms with E-state index in [0.29, 0.717) is 34.3 Å². The molecular weight excluding hydrogens is 372 g/mol. The first-order valence-electron chi connectivity index (χ1n) is 7.88. The number of aryl methyl sites for hydroxylation is 1. The number of carbonyl (C=O) groups excluding carboxylic acids is 2. The Morgan fingerprint density at radius 1 is 1.15 bits per heavy atom. The van der Waals surface area contributed by atoms with Gasteiger partial charge in [-0.1, -0.05) is 17.7 Å². The van der Waals surface area contributed by atoms with Gasteiger partial charge in [-0.05, 0) is 44.2 Å². The van der Waals surface area contributed by atoms with Crippen LogP contribution in [0.1, 0.15) is 33.4 Å². The van der Waals surface area contributed by atoms with Crippen LogP contribution in [0.25, 0.3) is 11.0 Å². The van der Waals surface area contributed by atoms with Crippen LogP contribution in [0.5, 0.6) is 11.5 Å². The van der Waals surface area contributed by atoms with Crippen molar-refractivity contribution >= 4 is 34.8 Å². The zero-order valence-electron chi connectivity index (χ0n) is 14.6. The lowest BCUT2D eigenvalue weighted by molar-refractivity contribution is 0.0526. The molecule has 0 saturated heterocycles. The monoisotopic (exact) mass is 388 g/mol. The van der Waals surface area contributed by atoms with Crippen molar-refractivity contribution in [2.75, 3.05) is 6.61 Å². The summed E-state index contributed by atoms with van der Waals surface area (Å²) in [6.45, 7) is 3.98. The van der Waals surface area contributed by atoms with Crippen molar-refractivity contribution in [2.45, 2.75) is 13.8 Å². The van der Waals surface area contributed by atoms with Crippen LogP contribution >= 0.6 is 0 Å². The molecule has 27 heavy (non-hydrogen) atoms. The fourth-order valence-corrected chi connectivity index (χ4v) is 2.33. The molecule has 0 aliphatic heterocycles. The van der Waals surface area contributed by atoms with Crippen molar-refractivity contribution in [2.24, 2.45) is 0 Å². The highest BCUT2D eigenvalue weighted by Gasteiger charge is 2.16. The first kappa shape index (κ1) is 20.1. The Labute approximate surface area is 158 Å². The Morgan fingerprint density at radius 3 is 2.41 bits per heavy atom. The molecule has 3 rings (SSSR count). The van der Waals surface area contributed by atoms with Gasteiger partial charge in [0.2, 0.25) is 0 Å². The van der Waals surface area contributed by atoms with E-state index < -0.39 is 17.5 Å². The van der Waals surface area contributed by atoms with Crippen molar-refractivity contribution in [1.82, 2.24) is 0 Å². The SMILES string of the molecule is CCOC(=O)c1cc(Oc2ccc(C)cc2)c2cc(C=O)oc2c1.O=S=O. The maximum absolute atomic E-state index is 12.0. The van der Waals surface area contributed by atoms with Crippen molar-refractivity contribution in [3.8, 4) is 11.5 Å². The van der Waals surface area contributed by atoms with Gasteiger partial charge in [-0.15, -0.1) is 0 Å². The van der Waals surface area contributed by atoms with E-state index in [4.69, 9.17) is 22.3 Å². The lowest BCUT2D eigenvalue weighted by atomic mass is 10.1. The maximum atomic E-state index is 12.0. The van der Waals surface area contributed by atoms with Crippen LogP contribution in [-0.4, -0.2) is 27.3 Å². The molecule has 0 N–H and O–H groups in total. The molecule has 0 atom stereocenters. The summed E-state index contributed by atoms with van der Waals surface area (Å²) in [4.78, 5) is 23.0. The Morgan fingerprint density at radius 2 is 1.81 bits per heavy atom. The van der Waals surface area contributed by atoms with Crippen LogP contribution < -0.4 is 4.74 Å². The molecule has 1 heterocycles. The number of hydrogen-bond acceptors (Lipinski definition) is 7. The molecular formula is C19H16O7S. The van der Waals surface area contributed by atoms with Gasteiger partial charge < -0.3 is 13.9 Å². The Hall–Kier alpha value is -3.26. The Balaban J connectivity index is 0.000000817. The normalized spacial score (nSPS) is 9.85. The average molecular weight is 388 g/mol. The third kappa shape index (κ3) is 5.11. The molecule has 1 aromatic heterocycles. The summed E-state index contributed by atoms with van der Waals surface area (Å²) in [6.07, 6.45) is 0.611. The molecule has 0 fully saturated rings.